The zero-order valence-electron chi connectivity index (χ0n) is 16.8. The highest BCUT2D eigenvalue weighted by Crippen LogP contribution is 2.36. The quantitative estimate of drug-likeness (QED) is 0.447. The number of benzene rings is 3. The predicted molar refractivity (Wildman–Crippen MR) is 119 cm³/mol. The Morgan fingerprint density at radius 2 is 1.70 bits per heavy atom. The molecule has 3 aromatic carbocycles. The smallest absolute Gasteiger partial charge is 0.210 e. The van der Waals surface area contributed by atoms with Crippen LogP contribution >= 0.6 is 0 Å². The summed E-state index contributed by atoms with van der Waals surface area (Å²) in [7, 11) is -3.79. The minimum atomic E-state index is -3.79. The van der Waals surface area contributed by atoms with Gasteiger partial charge in [-0.3, -0.25) is 4.98 Å². The molecule has 5 nitrogen and oxygen atoms in total. The van der Waals surface area contributed by atoms with Crippen LogP contribution in [0.25, 0.3) is 10.9 Å². The van der Waals surface area contributed by atoms with Crippen molar-refractivity contribution in [2.24, 2.45) is 0 Å². The van der Waals surface area contributed by atoms with Crippen molar-refractivity contribution in [2.75, 3.05) is 11.9 Å². The fourth-order valence-electron chi connectivity index (χ4n) is 3.25. The van der Waals surface area contributed by atoms with Gasteiger partial charge in [0.2, 0.25) is 9.84 Å². The molecule has 0 saturated carbocycles. The molecule has 1 heterocycles. The molecular weight excluding hydrogens is 396 g/mol. The molecule has 4 rings (SSSR count). The summed E-state index contributed by atoms with van der Waals surface area (Å²) >= 11 is 0. The van der Waals surface area contributed by atoms with Crippen molar-refractivity contribution >= 4 is 32.1 Å². The van der Waals surface area contributed by atoms with Gasteiger partial charge < -0.3 is 10.1 Å². The molecule has 152 valence electrons. The standard InChI is InChI=1S/C24H22N2O3S/c1-3-29-19-11-14-22-21(15-19)24(26-18-7-5-4-6-8-18)23(16-25-22)30(27,28)20-12-9-17(2)10-13-20/h4-16H,3H2,1-2H3,(H,25,26). The van der Waals surface area contributed by atoms with E-state index in [-0.39, 0.29) is 9.79 Å². The van der Waals surface area contributed by atoms with Crippen LogP contribution in [0, 0.1) is 6.92 Å². The lowest BCUT2D eigenvalue weighted by molar-refractivity contribution is 0.340. The summed E-state index contributed by atoms with van der Waals surface area (Å²) in [4.78, 5) is 4.77. The Bertz CT molecular complexity index is 1290. The van der Waals surface area contributed by atoms with Crippen LogP contribution in [-0.4, -0.2) is 20.0 Å². The fraction of sp³-hybridized carbons (Fsp3) is 0.125. The number of ether oxygens (including phenoxy) is 1. The first-order valence-electron chi connectivity index (χ1n) is 9.68. The summed E-state index contributed by atoms with van der Waals surface area (Å²) in [6.45, 7) is 4.34. The van der Waals surface area contributed by atoms with E-state index >= 15 is 0 Å². The molecule has 0 amide bonds. The molecule has 0 spiro atoms. The third-order valence-electron chi connectivity index (χ3n) is 4.78. The molecule has 0 bridgehead atoms. The van der Waals surface area contributed by atoms with E-state index < -0.39 is 9.84 Å². The maximum absolute atomic E-state index is 13.5. The van der Waals surface area contributed by atoms with Gasteiger partial charge in [0.25, 0.3) is 0 Å². The van der Waals surface area contributed by atoms with Crippen molar-refractivity contribution in [3.63, 3.8) is 0 Å². The van der Waals surface area contributed by atoms with Crippen LogP contribution in [-0.2, 0) is 9.84 Å². The number of sulfone groups is 1. The number of hydrogen-bond donors (Lipinski definition) is 1. The highest BCUT2D eigenvalue weighted by atomic mass is 32.2. The maximum Gasteiger partial charge on any atom is 0.210 e. The molecule has 0 aliphatic rings. The Hall–Kier alpha value is -3.38. The van der Waals surface area contributed by atoms with E-state index in [1.807, 2.05) is 62.4 Å². The van der Waals surface area contributed by atoms with Gasteiger partial charge in [0.15, 0.2) is 0 Å². The van der Waals surface area contributed by atoms with Crippen LogP contribution in [0.4, 0.5) is 11.4 Å². The number of aryl methyl sites for hydroxylation is 1. The summed E-state index contributed by atoms with van der Waals surface area (Å²) < 4.78 is 32.6. The van der Waals surface area contributed by atoms with Crippen molar-refractivity contribution in [3.8, 4) is 5.75 Å². The Morgan fingerprint density at radius 3 is 2.40 bits per heavy atom. The number of rotatable bonds is 6. The fourth-order valence-corrected chi connectivity index (χ4v) is 4.62. The number of aromatic nitrogens is 1. The van der Waals surface area contributed by atoms with E-state index in [9.17, 15) is 8.42 Å². The topological polar surface area (TPSA) is 68.3 Å². The largest absolute Gasteiger partial charge is 0.494 e. The van der Waals surface area contributed by atoms with E-state index in [4.69, 9.17) is 4.74 Å². The molecule has 0 aliphatic carbocycles. The van der Waals surface area contributed by atoms with Crippen LogP contribution in [0.1, 0.15) is 12.5 Å². The van der Waals surface area contributed by atoms with Gasteiger partial charge in [0.05, 0.1) is 22.7 Å². The first kappa shape index (κ1) is 19.9. The van der Waals surface area contributed by atoms with E-state index in [0.717, 1.165) is 11.3 Å². The summed E-state index contributed by atoms with van der Waals surface area (Å²) in [6.07, 6.45) is 1.42. The van der Waals surface area contributed by atoms with Crippen molar-refractivity contribution in [1.29, 1.82) is 0 Å². The normalized spacial score (nSPS) is 11.4. The molecule has 0 saturated heterocycles. The minimum Gasteiger partial charge on any atom is -0.494 e. The van der Waals surface area contributed by atoms with Gasteiger partial charge in [0, 0.05) is 17.3 Å². The molecule has 0 fully saturated rings. The van der Waals surface area contributed by atoms with Crippen LogP contribution in [0.2, 0.25) is 0 Å². The van der Waals surface area contributed by atoms with Gasteiger partial charge in [0.1, 0.15) is 10.6 Å². The van der Waals surface area contributed by atoms with Gasteiger partial charge in [-0.2, -0.15) is 0 Å². The van der Waals surface area contributed by atoms with Crippen molar-refractivity contribution in [2.45, 2.75) is 23.6 Å². The average Bonchev–Trinajstić information content (AvgIpc) is 2.75. The van der Waals surface area contributed by atoms with E-state index in [1.54, 1.807) is 24.3 Å². The van der Waals surface area contributed by atoms with Crippen LogP contribution < -0.4 is 10.1 Å². The molecule has 6 heteroatoms. The summed E-state index contributed by atoms with van der Waals surface area (Å²) in [5, 5.41) is 3.98. The van der Waals surface area contributed by atoms with Crippen molar-refractivity contribution in [3.05, 3.63) is 84.6 Å². The van der Waals surface area contributed by atoms with E-state index in [0.29, 0.717) is 28.9 Å². The SMILES string of the molecule is CCOc1ccc2ncc(S(=O)(=O)c3ccc(C)cc3)c(Nc3ccccc3)c2c1. The first-order chi connectivity index (χ1) is 14.5. The number of para-hydroxylation sites is 1. The van der Waals surface area contributed by atoms with Gasteiger partial charge in [-0.25, -0.2) is 8.42 Å². The van der Waals surface area contributed by atoms with Crippen molar-refractivity contribution < 1.29 is 13.2 Å². The molecule has 30 heavy (non-hydrogen) atoms. The molecule has 1 N–H and O–H groups in total. The maximum atomic E-state index is 13.5. The lowest BCUT2D eigenvalue weighted by atomic mass is 10.1. The molecular formula is C24H22N2O3S. The number of anilines is 2. The van der Waals surface area contributed by atoms with Crippen molar-refractivity contribution in [1.82, 2.24) is 4.98 Å². The number of fused-ring (bicyclic) bond motifs is 1. The third-order valence-corrected chi connectivity index (χ3v) is 6.56. The highest BCUT2D eigenvalue weighted by Gasteiger charge is 2.24. The average molecular weight is 419 g/mol. The second-order valence-corrected chi connectivity index (χ2v) is 8.84. The minimum absolute atomic E-state index is 0.122. The number of nitrogens with one attached hydrogen (secondary N) is 1. The van der Waals surface area contributed by atoms with Crippen LogP contribution in [0.3, 0.4) is 0 Å². The number of pyridine rings is 1. The molecule has 0 atom stereocenters. The molecule has 1 aromatic heterocycles. The zero-order valence-corrected chi connectivity index (χ0v) is 17.6. The second-order valence-electron chi connectivity index (χ2n) is 6.92. The van der Waals surface area contributed by atoms with E-state index in [1.165, 1.54) is 6.20 Å². The summed E-state index contributed by atoms with van der Waals surface area (Å²) in [5.74, 6) is 0.660. The zero-order chi connectivity index (χ0) is 21.1. The molecule has 4 aromatic rings. The monoisotopic (exact) mass is 418 g/mol. The first-order valence-corrected chi connectivity index (χ1v) is 11.2. The van der Waals surface area contributed by atoms with Gasteiger partial charge in [-0.05, 0) is 56.3 Å². The van der Waals surface area contributed by atoms with Gasteiger partial charge in [-0.15, -0.1) is 0 Å². The van der Waals surface area contributed by atoms with Crippen LogP contribution in [0.15, 0.2) is 88.8 Å². The second kappa shape index (κ2) is 8.16. The Labute approximate surface area is 176 Å². The van der Waals surface area contributed by atoms with E-state index in [2.05, 4.69) is 10.3 Å². The number of hydrogen-bond acceptors (Lipinski definition) is 5. The van der Waals surface area contributed by atoms with Crippen LogP contribution in [0.5, 0.6) is 5.75 Å². The predicted octanol–water partition coefficient (Wildman–Crippen LogP) is 5.52. The Kier molecular flexibility index (Phi) is 5.42. The highest BCUT2D eigenvalue weighted by molar-refractivity contribution is 7.91. The molecule has 0 aliphatic heterocycles. The lowest BCUT2D eigenvalue weighted by Gasteiger charge is -2.16. The summed E-state index contributed by atoms with van der Waals surface area (Å²) in [6, 6.07) is 21.8. The van der Waals surface area contributed by atoms with Gasteiger partial charge >= 0.3 is 0 Å². The molecule has 0 unspecified atom stereocenters. The Balaban J connectivity index is 1.96. The lowest BCUT2D eigenvalue weighted by Crippen LogP contribution is -2.07. The Morgan fingerprint density at radius 1 is 0.967 bits per heavy atom. The summed E-state index contributed by atoms with van der Waals surface area (Å²) in [5.41, 5.74) is 2.94. The number of nitrogens with zero attached hydrogens (tertiary/aromatic N) is 1. The third kappa shape index (κ3) is 3.86. The van der Waals surface area contributed by atoms with Gasteiger partial charge in [-0.1, -0.05) is 35.9 Å². The molecule has 0 radical (unpaired) electrons.